The molecular formula is C13H17FN4. The van der Waals surface area contributed by atoms with E-state index < -0.39 is 0 Å². The molecule has 18 heavy (non-hydrogen) atoms. The van der Waals surface area contributed by atoms with Crippen LogP contribution in [-0.2, 0) is 6.54 Å². The SMILES string of the molecule is CC(NCCCn1ccnc1)c1ccc(F)cn1. The molecule has 5 heteroatoms. The van der Waals surface area contributed by atoms with Crippen molar-refractivity contribution in [1.29, 1.82) is 0 Å². The lowest BCUT2D eigenvalue weighted by atomic mass is 10.2. The highest BCUT2D eigenvalue weighted by molar-refractivity contribution is 5.08. The lowest BCUT2D eigenvalue weighted by Crippen LogP contribution is -2.21. The first kappa shape index (κ1) is 12.7. The van der Waals surface area contributed by atoms with Crippen LogP contribution in [0.4, 0.5) is 4.39 Å². The Morgan fingerprint density at radius 1 is 1.44 bits per heavy atom. The number of hydrogen-bond donors (Lipinski definition) is 1. The summed E-state index contributed by atoms with van der Waals surface area (Å²) in [5.41, 5.74) is 0.860. The Bertz CT molecular complexity index is 452. The topological polar surface area (TPSA) is 42.7 Å². The number of halogens is 1. The van der Waals surface area contributed by atoms with E-state index in [9.17, 15) is 4.39 Å². The van der Waals surface area contributed by atoms with E-state index in [0.717, 1.165) is 25.2 Å². The normalized spacial score (nSPS) is 12.6. The Morgan fingerprint density at radius 3 is 3.00 bits per heavy atom. The minimum Gasteiger partial charge on any atom is -0.337 e. The van der Waals surface area contributed by atoms with Crippen LogP contribution in [-0.4, -0.2) is 21.1 Å². The molecule has 0 bridgehead atoms. The zero-order chi connectivity index (χ0) is 12.8. The highest BCUT2D eigenvalue weighted by atomic mass is 19.1. The van der Waals surface area contributed by atoms with Crippen LogP contribution >= 0.6 is 0 Å². The molecule has 0 fully saturated rings. The minimum absolute atomic E-state index is 0.133. The smallest absolute Gasteiger partial charge is 0.141 e. The number of rotatable bonds is 6. The predicted octanol–water partition coefficient (Wildman–Crippen LogP) is 2.16. The van der Waals surface area contributed by atoms with Crippen LogP contribution in [0.1, 0.15) is 25.1 Å². The first-order valence-corrected chi connectivity index (χ1v) is 6.06. The van der Waals surface area contributed by atoms with Crippen molar-refractivity contribution in [3.8, 4) is 0 Å². The number of nitrogens with zero attached hydrogens (tertiary/aromatic N) is 3. The van der Waals surface area contributed by atoms with Crippen molar-refractivity contribution in [2.24, 2.45) is 0 Å². The standard InChI is InChI=1S/C13H17FN4/c1-11(13-4-3-12(14)9-17-13)16-5-2-7-18-8-6-15-10-18/h3-4,6,8-11,16H,2,5,7H2,1H3. The Labute approximate surface area is 106 Å². The van der Waals surface area contributed by atoms with Gasteiger partial charge in [0.05, 0.1) is 18.2 Å². The third-order valence-electron chi connectivity index (χ3n) is 2.80. The molecule has 0 aliphatic rings. The third-order valence-corrected chi connectivity index (χ3v) is 2.80. The van der Waals surface area contributed by atoms with E-state index in [1.165, 1.54) is 12.3 Å². The fourth-order valence-corrected chi connectivity index (χ4v) is 1.75. The van der Waals surface area contributed by atoms with Gasteiger partial charge in [-0.2, -0.15) is 0 Å². The summed E-state index contributed by atoms with van der Waals surface area (Å²) in [6, 6.07) is 3.28. The molecule has 2 heterocycles. The second kappa shape index (κ2) is 6.26. The second-order valence-electron chi connectivity index (χ2n) is 4.23. The molecule has 0 aliphatic carbocycles. The fraction of sp³-hybridized carbons (Fsp3) is 0.385. The maximum atomic E-state index is 12.7. The number of aromatic nitrogens is 3. The van der Waals surface area contributed by atoms with Gasteiger partial charge in [-0.15, -0.1) is 0 Å². The molecule has 0 aliphatic heterocycles. The molecule has 0 aromatic carbocycles. The summed E-state index contributed by atoms with van der Waals surface area (Å²) in [6.07, 6.45) is 7.80. The van der Waals surface area contributed by atoms with Gasteiger partial charge in [0, 0.05) is 25.0 Å². The van der Waals surface area contributed by atoms with Crippen molar-refractivity contribution in [1.82, 2.24) is 19.9 Å². The molecular weight excluding hydrogens is 231 g/mol. The largest absolute Gasteiger partial charge is 0.337 e. The maximum absolute atomic E-state index is 12.7. The van der Waals surface area contributed by atoms with Gasteiger partial charge in [-0.1, -0.05) is 0 Å². The zero-order valence-corrected chi connectivity index (χ0v) is 10.4. The summed E-state index contributed by atoms with van der Waals surface area (Å²) in [5.74, 6) is -0.300. The number of nitrogens with one attached hydrogen (secondary N) is 1. The highest BCUT2D eigenvalue weighted by Gasteiger charge is 2.05. The zero-order valence-electron chi connectivity index (χ0n) is 10.4. The molecule has 2 aromatic rings. The number of aryl methyl sites for hydroxylation is 1. The summed E-state index contributed by atoms with van der Waals surface area (Å²) in [4.78, 5) is 8.04. The monoisotopic (exact) mass is 248 g/mol. The van der Waals surface area contributed by atoms with Crippen LogP contribution in [0.15, 0.2) is 37.1 Å². The van der Waals surface area contributed by atoms with Crippen molar-refractivity contribution in [2.75, 3.05) is 6.54 Å². The quantitative estimate of drug-likeness (QED) is 0.797. The van der Waals surface area contributed by atoms with Crippen molar-refractivity contribution in [3.63, 3.8) is 0 Å². The van der Waals surface area contributed by atoms with Gasteiger partial charge in [-0.25, -0.2) is 9.37 Å². The van der Waals surface area contributed by atoms with Crippen LogP contribution in [0.2, 0.25) is 0 Å². The molecule has 96 valence electrons. The van der Waals surface area contributed by atoms with Crippen LogP contribution in [0.3, 0.4) is 0 Å². The molecule has 1 atom stereocenters. The summed E-state index contributed by atoms with van der Waals surface area (Å²) >= 11 is 0. The summed E-state index contributed by atoms with van der Waals surface area (Å²) in [6.45, 7) is 3.85. The Kier molecular flexibility index (Phi) is 4.41. The number of imidazole rings is 1. The molecule has 2 rings (SSSR count). The molecule has 0 amide bonds. The lowest BCUT2D eigenvalue weighted by Gasteiger charge is -2.13. The van der Waals surface area contributed by atoms with Crippen LogP contribution < -0.4 is 5.32 Å². The molecule has 0 radical (unpaired) electrons. The molecule has 1 N–H and O–H groups in total. The van der Waals surface area contributed by atoms with Gasteiger partial charge >= 0.3 is 0 Å². The van der Waals surface area contributed by atoms with E-state index in [-0.39, 0.29) is 11.9 Å². The second-order valence-corrected chi connectivity index (χ2v) is 4.23. The van der Waals surface area contributed by atoms with E-state index in [4.69, 9.17) is 0 Å². The third kappa shape index (κ3) is 3.63. The molecule has 4 nitrogen and oxygen atoms in total. The van der Waals surface area contributed by atoms with Crippen molar-refractivity contribution in [3.05, 3.63) is 48.6 Å². The fourth-order valence-electron chi connectivity index (χ4n) is 1.75. The van der Waals surface area contributed by atoms with Crippen molar-refractivity contribution < 1.29 is 4.39 Å². The Hall–Kier alpha value is -1.75. The van der Waals surface area contributed by atoms with Gasteiger partial charge in [0.2, 0.25) is 0 Å². The molecule has 1 unspecified atom stereocenters. The summed E-state index contributed by atoms with van der Waals surface area (Å²) < 4.78 is 14.8. The van der Waals surface area contributed by atoms with Gasteiger partial charge in [-0.05, 0) is 32.0 Å². The summed E-state index contributed by atoms with van der Waals surface area (Å²) in [7, 11) is 0. The lowest BCUT2D eigenvalue weighted by molar-refractivity contribution is 0.517. The predicted molar refractivity (Wildman–Crippen MR) is 67.5 cm³/mol. The highest BCUT2D eigenvalue weighted by Crippen LogP contribution is 2.09. The first-order chi connectivity index (χ1) is 8.75. The van der Waals surface area contributed by atoms with Crippen molar-refractivity contribution >= 4 is 0 Å². The minimum atomic E-state index is -0.300. The molecule has 0 spiro atoms. The van der Waals surface area contributed by atoms with E-state index in [2.05, 4.69) is 15.3 Å². The van der Waals surface area contributed by atoms with E-state index in [1.807, 2.05) is 24.0 Å². The van der Waals surface area contributed by atoms with Gasteiger partial charge < -0.3 is 9.88 Å². The van der Waals surface area contributed by atoms with Gasteiger partial charge in [0.1, 0.15) is 5.82 Å². The number of hydrogen-bond acceptors (Lipinski definition) is 3. The van der Waals surface area contributed by atoms with E-state index >= 15 is 0 Å². The number of pyridine rings is 1. The molecule has 0 saturated heterocycles. The van der Waals surface area contributed by atoms with Gasteiger partial charge in [-0.3, -0.25) is 4.98 Å². The van der Waals surface area contributed by atoms with Gasteiger partial charge in [0.15, 0.2) is 0 Å². The van der Waals surface area contributed by atoms with E-state index in [1.54, 1.807) is 12.3 Å². The maximum Gasteiger partial charge on any atom is 0.141 e. The Balaban J connectivity index is 1.71. The van der Waals surface area contributed by atoms with Crippen LogP contribution in [0.25, 0.3) is 0 Å². The van der Waals surface area contributed by atoms with Crippen LogP contribution in [0.5, 0.6) is 0 Å². The van der Waals surface area contributed by atoms with Crippen LogP contribution in [0, 0.1) is 5.82 Å². The van der Waals surface area contributed by atoms with Gasteiger partial charge in [0.25, 0.3) is 0 Å². The first-order valence-electron chi connectivity index (χ1n) is 6.06. The molecule has 2 aromatic heterocycles. The van der Waals surface area contributed by atoms with E-state index in [0.29, 0.717) is 0 Å². The molecule has 0 saturated carbocycles. The van der Waals surface area contributed by atoms with Crippen molar-refractivity contribution in [2.45, 2.75) is 25.9 Å². The Morgan fingerprint density at radius 2 is 2.33 bits per heavy atom. The summed E-state index contributed by atoms with van der Waals surface area (Å²) in [5, 5.41) is 3.36. The average Bonchev–Trinajstić information content (AvgIpc) is 2.88. The average molecular weight is 248 g/mol.